The van der Waals surface area contributed by atoms with E-state index in [1.807, 2.05) is 50.2 Å². The van der Waals surface area contributed by atoms with Crippen LogP contribution in [0.2, 0.25) is 0 Å². The van der Waals surface area contributed by atoms with Gasteiger partial charge in [-0.1, -0.05) is 56.3 Å². The van der Waals surface area contributed by atoms with Crippen LogP contribution < -0.4 is 5.32 Å². The molecule has 1 aliphatic heterocycles. The first-order valence-corrected chi connectivity index (χ1v) is 10.9. The number of rotatable bonds is 8. The normalized spacial score (nSPS) is 15.4. The summed E-state index contributed by atoms with van der Waals surface area (Å²) >= 11 is 0. The highest BCUT2D eigenvalue weighted by Crippen LogP contribution is 2.20. The van der Waals surface area contributed by atoms with Crippen LogP contribution in [0.15, 0.2) is 54.6 Å². The second-order valence-corrected chi connectivity index (χ2v) is 8.54. The fourth-order valence-corrected chi connectivity index (χ4v) is 3.86. The second kappa shape index (κ2) is 10.9. The predicted molar refractivity (Wildman–Crippen MR) is 122 cm³/mol. The summed E-state index contributed by atoms with van der Waals surface area (Å²) in [4.78, 5) is 40.3. The van der Waals surface area contributed by atoms with Crippen LogP contribution in [0.25, 0.3) is 0 Å². The third-order valence-corrected chi connectivity index (χ3v) is 5.49. The Morgan fingerprint density at radius 1 is 1.03 bits per heavy atom. The zero-order chi connectivity index (χ0) is 23.1. The molecule has 0 radical (unpaired) electrons. The Labute approximate surface area is 188 Å². The van der Waals surface area contributed by atoms with E-state index in [1.165, 1.54) is 6.07 Å². The quantitative estimate of drug-likeness (QED) is 0.505. The molecule has 0 spiro atoms. The van der Waals surface area contributed by atoms with Gasteiger partial charge in [0.25, 0.3) is 5.69 Å². The summed E-state index contributed by atoms with van der Waals surface area (Å²) in [7, 11) is 0. The average Bonchev–Trinajstić information content (AvgIpc) is 2.78. The van der Waals surface area contributed by atoms with Crippen LogP contribution in [-0.4, -0.2) is 52.7 Å². The van der Waals surface area contributed by atoms with Gasteiger partial charge in [-0.15, -0.1) is 0 Å². The summed E-state index contributed by atoms with van der Waals surface area (Å²) in [6, 6.07) is 15.3. The zero-order valence-electron chi connectivity index (χ0n) is 18.6. The van der Waals surface area contributed by atoms with Crippen molar-refractivity contribution < 1.29 is 14.5 Å². The third kappa shape index (κ3) is 6.37. The van der Waals surface area contributed by atoms with Gasteiger partial charge < -0.3 is 10.2 Å². The minimum atomic E-state index is -0.703. The lowest BCUT2D eigenvalue weighted by Gasteiger charge is -2.36. The summed E-state index contributed by atoms with van der Waals surface area (Å²) in [5.74, 6) is -0.0336. The van der Waals surface area contributed by atoms with E-state index >= 15 is 0 Å². The second-order valence-electron chi connectivity index (χ2n) is 8.54. The van der Waals surface area contributed by atoms with E-state index in [-0.39, 0.29) is 23.4 Å². The minimum Gasteiger partial charge on any atom is -0.341 e. The van der Waals surface area contributed by atoms with Gasteiger partial charge in [-0.25, -0.2) is 0 Å². The Kier molecular flexibility index (Phi) is 7.94. The van der Waals surface area contributed by atoms with Crippen molar-refractivity contribution in [3.05, 3.63) is 75.8 Å². The maximum atomic E-state index is 13.3. The molecule has 2 amide bonds. The lowest BCUT2D eigenvalue weighted by atomic mass is 10.0. The Bertz CT molecular complexity index is 940. The zero-order valence-corrected chi connectivity index (χ0v) is 18.6. The van der Waals surface area contributed by atoms with E-state index in [0.29, 0.717) is 39.1 Å². The molecule has 1 heterocycles. The topological polar surface area (TPSA) is 95.8 Å². The van der Waals surface area contributed by atoms with Crippen molar-refractivity contribution in [1.29, 1.82) is 0 Å². The highest BCUT2D eigenvalue weighted by atomic mass is 16.6. The maximum Gasteiger partial charge on any atom is 0.269 e. The van der Waals surface area contributed by atoms with Gasteiger partial charge in [0.15, 0.2) is 0 Å². The number of hydrogen-bond acceptors (Lipinski definition) is 5. The lowest BCUT2D eigenvalue weighted by molar-refractivity contribution is -0.384. The van der Waals surface area contributed by atoms with Gasteiger partial charge in [-0.2, -0.15) is 0 Å². The molecule has 2 aromatic rings. The molecule has 3 rings (SSSR count). The number of carbonyl (C=O) groups is 2. The molecule has 32 heavy (non-hydrogen) atoms. The van der Waals surface area contributed by atoms with Crippen LogP contribution in [0.3, 0.4) is 0 Å². The monoisotopic (exact) mass is 438 g/mol. The fraction of sp³-hybridized carbons (Fsp3) is 0.417. The Morgan fingerprint density at radius 2 is 1.72 bits per heavy atom. The third-order valence-electron chi connectivity index (χ3n) is 5.49. The van der Waals surface area contributed by atoms with Gasteiger partial charge in [-0.3, -0.25) is 24.6 Å². The summed E-state index contributed by atoms with van der Waals surface area (Å²) in [6.45, 7) is 6.94. The SMILES string of the molecule is CC(C)CC(=O)NC(C(=O)N1CCN(Cc2cccc([N+](=O)[O-])c2)CC1)c1ccccc1. The van der Waals surface area contributed by atoms with Crippen LogP contribution in [-0.2, 0) is 16.1 Å². The van der Waals surface area contributed by atoms with Crippen LogP contribution >= 0.6 is 0 Å². The van der Waals surface area contributed by atoms with Crippen LogP contribution in [0.1, 0.15) is 37.4 Å². The van der Waals surface area contributed by atoms with Gasteiger partial charge in [0.1, 0.15) is 6.04 Å². The van der Waals surface area contributed by atoms with E-state index in [9.17, 15) is 19.7 Å². The van der Waals surface area contributed by atoms with Gasteiger partial charge in [0.2, 0.25) is 11.8 Å². The van der Waals surface area contributed by atoms with Crippen LogP contribution in [0.5, 0.6) is 0 Å². The number of non-ortho nitro benzene ring substituents is 1. The molecule has 1 fully saturated rings. The number of nitro benzene ring substituents is 1. The standard InChI is InChI=1S/C24H30N4O4/c1-18(2)15-22(29)25-23(20-8-4-3-5-9-20)24(30)27-13-11-26(12-14-27)17-19-7-6-10-21(16-19)28(31)32/h3-10,16,18,23H,11-15,17H2,1-2H3,(H,25,29). The molecular formula is C24H30N4O4. The smallest absolute Gasteiger partial charge is 0.269 e. The largest absolute Gasteiger partial charge is 0.341 e. The molecule has 1 atom stereocenters. The number of nitro groups is 1. The first kappa shape index (κ1) is 23.4. The molecule has 0 aliphatic carbocycles. The first-order valence-electron chi connectivity index (χ1n) is 10.9. The number of nitrogens with zero attached hydrogens (tertiary/aromatic N) is 3. The van der Waals surface area contributed by atoms with Crippen LogP contribution in [0, 0.1) is 16.0 Å². The fourth-order valence-electron chi connectivity index (χ4n) is 3.86. The lowest BCUT2D eigenvalue weighted by Crippen LogP contribution is -2.51. The number of hydrogen-bond donors (Lipinski definition) is 1. The molecule has 1 aliphatic rings. The molecule has 0 aromatic heterocycles. The molecule has 0 bridgehead atoms. The van der Waals surface area contributed by atoms with Crippen molar-refractivity contribution in [2.75, 3.05) is 26.2 Å². The van der Waals surface area contributed by atoms with Crippen molar-refractivity contribution in [2.45, 2.75) is 32.9 Å². The predicted octanol–water partition coefficient (Wildman–Crippen LogP) is 3.14. The minimum absolute atomic E-state index is 0.0826. The van der Waals surface area contributed by atoms with E-state index in [2.05, 4.69) is 10.2 Å². The number of nitrogens with one attached hydrogen (secondary N) is 1. The molecule has 170 valence electrons. The molecular weight excluding hydrogens is 408 g/mol. The highest BCUT2D eigenvalue weighted by Gasteiger charge is 2.30. The Balaban J connectivity index is 1.63. The summed E-state index contributed by atoms with van der Waals surface area (Å²) < 4.78 is 0. The van der Waals surface area contributed by atoms with Gasteiger partial charge in [-0.05, 0) is 17.0 Å². The van der Waals surface area contributed by atoms with Crippen molar-refractivity contribution in [3.63, 3.8) is 0 Å². The Hall–Kier alpha value is -3.26. The summed E-state index contributed by atoms with van der Waals surface area (Å²) in [6.07, 6.45) is 0.369. The molecule has 1 saturated heterocycles. The number of amides is 2. The summed E-state index contributed by atoms with van der Waals surface area (Å²) in [5, 5.41) is 13.9. The van der Waals surface area contributed by atoms with Crippen LogP contribution in [0.4, 0.5) is 5.69 Å². The maximum absolute atomic E-state index is 13.3. The number of piperazine rings is 1. The van der Waals surface area contributed by atoms with Crippen molar-refractivity contribution >= 4 is 17.5 Å². The molecule has 0 saturated carbocycles. The van der Waals surface area contributed by atoms with Gasteiger partial charge in [0, 0.05) is 51.3 Å². The molecule has 8 nitrogen and oxygen atoms in total. The summed E-state index contributed by atoms with van der Waals surface area (Å²) in [5.41, 5.74) is 1.73. The first-order chi connectivity index (χ1) is 15.3. The van der Waals surface area contributed by atoms with Crippen molar-refractivity contribution in [3.8, 4) is 0 Å². The van der Waals surface area contributed by atoms with E-state index in [1.54, 1.807) is 17.0 Å². The average molecular weight is 439 g/mol. The Morgan fingerprint density at radius 3 is 2.34 bits per heavy atom. The van der Waals surface area contributed by atoms with Crippen molar-refractivity contribution in [1.82, 2.24) is 15.1 Å². The highest BCUT2D eigenvalue weighted by molar-refractivity contribution is 5.88. The number of benzene rings is 2. The number of carbonyl (C=O) groups excluding carboxylic acids is 2. The molecule has 1 unspecified atom stereocenters. The molecule has 2 aromatic carbocycles. The van der Waals surface area contributed by atoms with E-state index in [0.717, 1.165) is 11.1 Å². The molecule has 1 N–H and O–H groups in total. The molecule has 8 heteroatoms. The van der Waals surface area contributed by atoms with E-state index in [4.69, 9.17) is 0 Å². The van der Waals surface area contributed by atoms with Crippen molar-refractivity contribution in [2.24, 2.45) is 5.92 Å². The van der Waals surface area contributed by atoms with Gasteiger partial charge in [0.05, 0.1) is 4.92 Å². The van der Waals surface area contributed by atoms with E-state index < -0.39 is 11.0 Å². The van der Waals surface area contributed by atoms with Gasteiger partial charge >= 0.3 is 0 Å².